The van der Waals surface area contributed by atoms with Crippen LogP contribution in [-0.4, -0.2) is 41.5 Å². The lowest BCUT2D eigenvalue weighted by molar-refractivity contribution is 0.0458. The maximum atomic E-state index is 14.6. The molecule has 6 rings (SSSR count). The number of alkyl carbamates (subject to hydrolysis) is 1. The molecule has 0 aliphatic heterocycles. The van der Waals surface area contributed by atoms with Gasteiger partial charge in [0, 0.05) is 47.7 Å². The maximum Gasteiger partial charge on any atom is 0.408 e. The minimum Gasteiger partial charge on any atom is -0.444 e. The largest absolute Gasteiger partial charge is 0.444 e. The molecule has 0 atom stereocenters. The van der Waals surface area contributed by atoms with Crippen LogP contribution in [0.5, 0.6) is 0 Å². The number of fused-ring (bicyclic) bond motifs is 4. The SMILES string of the molecule is Cn1cc2cc(-c3ncc4c(=O)n(C56CCC(NC(=O)OC(C)(C)C)(CC5)C6)ccc4n3)cc(F)c2n1. The van der Waals surface area contributed by atoms with Crippen molar-refractivity contribution in [3.8, 4) is 11.4 Å². The summed E-state index contributed by atoms with van der Waals surface area (Å²) >= 11 is 0. The highest BCUT2D eigenvalue weighted by molar-refractivity contribution is 5.85. The molecule has 9 nitrogen and oxygen atoms in total. The van der Waals surface area contributed by atoms with Gasteiger partial charge in [-0.1, -0.05) is 0 Å². The lowest BCUT2D eigenvalue weighted by Gasteiger charge is -2.30. The molecular formula is C27H29FN6O3. The monoisotopic (exact) mass is 504 g/mol. The molecule has 2 fully saturated rings. The third kappa shape index (κ3) is 3.95. The molecule has 1 N–H and O–H groups in total. The molecule has 3 aromatic heterocycles. The molecular weight excluding hydrogens is 475 g/mol. The predicted octanol–water partition coefficient (Wildman–Crippen LogP) is 4.42. The van der Waals surface area contributed by atoms with Crippen LogP contribution in [-0.2, 0) is 17.3 Å². The van der Waals surface area contributed by atoms with E-state index in [1.54, 1.807) is 34.8 Å². The van der Waals surface area contributed by atoms with Gasteiger partial charge in [-0.15, -0.1) is 0 Å². The van der Waals surface area contributed by atoms with Gasteiger partial charge in [-0.05, 0) is 71.1 Å². The van der Waals surface area contributed by atoms with E-state index in [2.05, 4.69) is 20.4 Å². The normalized spacial score (nSPS) is 23.2. The number of hydrogen-bond acceptors (Lipinski definition) is 6. The molecule has 0 spiro atoms. The molecule has 2 saturated carbocycles. The zero-order valence-electron chi connectivity index (χ0n) is 21.3. The lowest BCUT2D eigenvalue weighted by atomic mass is 9.91. The molecule has 192 valence electrons. The zero-order chi connectivity index (χ0) is 26.2. The van der Waals surface area contributed by atoms with Crippen LogP contribution in [0.2, 0.25) is 0 Å². The van der Waals surface area contributed by atoms with Crippen LogP contribution in [0.25, 0.3) is 33.2 Å². The number of hydrogen-bond donors (Lipinski definition) is 1. The summed E-state index contributed by atoms with van der Waals surface area (Å²) in [6, 6.07) is 4.97. The molecule has 1 amide bonds. The van der Waals surface area contributed by atoms with Gasteiger partial charge in [0.05, 0.1) is 10.9 Å². The summed E-state index contributed by atoms with van der Waals surface area (Å²) in [6.45, 7) is 5.52. The van der Waals surface area contributed by atoms with Crippen molar-refractivity contribution in [1.29, 1.82) is 0 Å². The summed E-state index contributed by atoms with van der Waals surface area (Å²) in [6.07, 6.45) is 8.46. The van der Waals surface area contributed by atoms with Crippen LogP contribution in [0.1, 0.15) is 52.9 Å². The Morgan fingerprint density at radius 2 is 1.95 bits per heavy atom. The molecule has 10 heteroatoms. The number of aromatic nitrogens is 5. The van der Waals surface area contributed by atoms with Crippen LogP contribution in [0, 0.1) is 5.82 Å². The van der Waals surface area contributed by atoms with E-state index in [1.807, 2.05) is 26.8 Å². The fraction of sp³-hybridized carbons (Fsp3) is 0.444. The summed E-state index contributed by atoms with van der Waals surface area (Å²) < 4.78 is 23.4. The average molecular weight is 505 g/mol. The van der Waals surface area contributed by atoms with Gasteiger partial charge in [-0.2, -0.15) is 5.10 Å². The minimum atomic E-state index is -0.571. The fourth-order valence-corrected chi connectivity index (χ4v) is 6.08. The summed E-state index contributed by atoms with van der Waals surface area (Å²) in [5, 5.41) is 8.30. The Bertz CT molecular complexity index is 1630. The van der Waals surface area contributed by atoms with Gasteiger partial charge in [0.25, 0.3) is 5.56 Å². The van der Waals surface area contributed by atoms with Gasteiger partial charge in [-0.3, -0.25) is 9.48 Å². The van der Waals surface area contributed by atoms with Gasteiger partial charge >= 0.3 is 6.09 Å². The Morgan fingerprint density at radius 3 is 2.68 bits per heavy atom. The Labute approximate surface area is 212 Å². The molecule has 0 unspecified atom stereocenters. The second-order valence-corrected chi connectivity index (χ2v) is 11.5. The van der Waals surface area contributed by atoms with E-state index in [9.17, 15) is 14.0 Å². The van der Waals surface area contributed by atoms with E-state index in [0.29, 0.717) is 39.6 Å². The first kappa shape index (κ1) is 23.6. The minimum absolute atomic E-state index is 0.159. The predicted molar refractivity (Wildman–Crippen MR) is 137 cm³/mol. The van der Waals surface area contributed by atoms with Crippen LogP contribution in [0.15, 0.2) is 41.6 Å². The van der Waals surface area contributed by atoms with E-state index in [0.717, 1.165) is 25.7 Å². The van der Waals surface area contributed by atoms with E-state index >= 15 is 0 Å². The number of carbonyl (C=O) groups is 1. The third-order valence-corrected chi connectivity index (χ3v) is 7.67. The molecule has 0 radical (unpaired) electrons. The molecule has 0 saturated heterocycles. The Balaban J connectivity index is 1.31. The molecule has 2 aliphatic rings. The van der Waals surface area contributed by atoms with Gasteiger partial charge in [0.15, 0.2) is 11.6 Å². The average Bonchev–Trinajstić information content (AvgIpc) is 3.49. The zero-order valence-corrected chi connectivity index (χ0v) is 21.3. The van der Waals surface area contributed by atoms with Gasteiger partial charge in [-0.25, -0.2) is 19.2 Å². The van der Waals surface area contributed by atoms with Crippen LogP contribution in [0.4, 0.5) is 9.18 Å². The van der Waals surface area contributed by atoms with Crippen LogP contribution >= 0.6 is 0 Å². The number of pyridine rings is 1. The first-order valence-corrected chi connectivity index (χ1v) is 12.5. The molecule has 2 aliphatic carbocycles. The second-order valence-electron chi connectivity index (χ2n) is 11.5. The topological polar surface area (TPSA) is 104 Å². The first-order chi connectivity index (χ1) is 17.5. The Kier molecular flexibility index (Phi) is 4.99. The smallest absolute Gasteiger partial charge is 0.408 e. The fourth-order valence-electron chi connectivity index (χ4n) is 6.08. The number of nitrogens with one attached hydrogen (secondary N) is 1. The first-order valence-electron chi connectivity index (χ1n) is 12.5. The highest BCUT2D eigenvalue weighted by Crippen LogP contribution is 2.54. The van der Waals surface area contributed by atoms with E-state index in [1.165, 1.54) is 12.3 Å². The molecule has 1 aromatic carbocycles. The summed E-state index contributed by atoms with van der Waals surface area (Å²) in [7, 11) is 1.74. The Hall–Kier alpha value is -3.82. The quantitative estimate of drug-likeness (QED) is 0.443. The summed E-state index contributed by atoms with van der Waals surface area (Å²) in [4.78, 5) is 35.1. The standard InChI is InChI=1S/C27H29FN6O3/c1-25(2,3)37-24(36)31-26-6-8-27(15-26,9-7-26)34-10-5-20-18(23(34)35)13-29-22(30-20)16-11-17-14-33(4)32-21(17)19(28)12-16/h5,10-14H,6-9,15H2,1-4H3,(H,31,36). The van der Waals surface area contributed by atoms with Crippen molar-refractivity contribution in [3.63, 3.8) is 0 Å². The second kappa shape index (κ2) is 7.84. The van der Waals surface area contributed by atoms with E-state index in [-0.39, 0.29) is 16.6 Å². The van der Waals surface area contributed by atoms with Gasteiger partial charge in [0.2, 0.25) is 0 Å². The highest BCUT2D eigenvalue weighted by atomic mass is 19.1. The molecule has 2 bridgehead atoms. The van der Waals surface area contributed by atoms with Crippen molar-refractivity contribution < 1.29 is 13.9 Å². The van der Waals surface area contributed by atoms with E-state index in [4.69, 9.17) is 4.74 Å². The van der Waals surface area contributed by atoms with Crippen molar-refractivity contribution in [2.45, 2.75) is 69.6 Å². The van der Waals surface area contributed by atoms with Crippen molar-refractivity contribution in [2.75, 3.05) is 0 Å². The summed E-state index contributed by atoms with van der Waals surface area (Å²) in [5.41, 5.74) is -0.152. The molecule has 37 heavy (non-hydrogen) atoms. The van der Waals surface area contributed by atoms with Crippen LogP contribution in [0.3, 0.4) is 0 Å². The number of halogens is 1. The molecule has 4 aromatic rings. The van der Waals surface area contributed by atoms with E-state index < -0.39 is 17.5 Å². The van der Waals surface area contributed by atoms with Gasteiger partial charge < -0.3 is 14.6 Å². The van der Waals surface area contributed by atoms with Crippen molar-refractivity contribution in [3.05, 3.63) is 53.0 Å². The number of amides is 1. The van der Waals surface area contributed by atoms with Crippen LogP contribution < -0.4 is 10.9 Å². The van der Waals surface area contributed by atoms with Gasteiger partial charge in [0.1, 0.15) is 11.1 Å². The lowest BCUT2D eigenvalue weighted by Crippen LogP contribution is -2.47. The van der Waals surface area contributed by atoms with Crippen molar-refractivity contribution in [1.82, 2.24) is 29.6 Å². The number of rotatable bonds is 3. The number of carbonyl (C=O) groups excluding carboxylic acids is 1. The third-order valence-electron chi connectivity index (χ3n) is 7.67. The maximum absolute atomic E-state index is 14.6. The number of aryl methyl sites for hydroxylation is 1. The summed E-state index contributed by atoms with van der Waals surface area (Å²) in [5.74, 6) is -0.105. The van der Waals surface area contributed by atoms with Crippen molar-refractivity contribution in [2.24, 2.45) is 7.05 Å². The van der Waals surface area contributed by atoms with Crippen molar-refractivity contribution >= 4 is 27.9 Å². The number of nitrogens with zero attached hydrogens (tertiary/aromatic N) is 5. The molecule has 3 heterocycles. The number of ether oxygens (including phenoxy) is 1. The highest BCUT2D eigenvalue weighted by Gasteiger charge is 2.56. The number of benzene rings is 1. The Morgan fingerprint density at radius 1 is 1.19 bits per heavy atom.